The largest absolute Gasteiger partial charge is 0.272 e. The summed E-state index contributed by atoms with van der Waals surface area (Å²) in [7, 11) is 0. The van der Waals surface area contributed by atoms with Crippen molar-refractivity contribution in [3.63, 3.8) is 0 Å². The van der Waals surface area contributed by atoms with Crippen LogP contribution in [0, 0.1) is 17.3 Å². The minimum Gasteiger partial charge on any atom is -0.272 e. The Kier molecular flexibility index (Phi) is 5.71. The Labute approximate surface area is 225 Å². The summed E-state index contributed by atoms with van der Waals surface area (Å²) in [5, 5.41) is 17.8. The van der Waals surface area contributed by atoms with Crippen LogP contribution in [-0.2, 0) is 14.4 Å². The summed E-state index contributed by atoms with van der Waals surface area (Å²) in [5.74, 6) is -3.36. The SMILES string of the molecule is CC1=NN(c2ccccc2)C(=O)[C@@H]1C1([C@H]2C(=O)N(c3ccccc3)N=C2C)C(=O)N(c2ccccc2)N=C1C. The number of hydrogen-bond donors (Lipinski definition) is 0. The third-order valence-corrected chi connectivity index (χ3v) is 7.57. The Morgan fingerprint density at radius 2 is 0.897 bits per heavy atom. The average Bonchev–Trinajstić information content (AvgIpc) is 3.53. The molecule has 0 spiro atoms. The highest BCUT2D eigenvalue weighted by atomic mass is 16.2. The third kappa shape index (κ3) is 3.53. The minimum atomic E-state index is -1.65. The van der Waals surface area contributed by atoms with Crippen LogP contribution in [0.3, 0.4) is 0 Å². The number of benzene rings is 3. The summed E-state index contributed by atoms with van der Waals surface area (Å²) in [6, 6.07) is 27.1. The van der Waals surface area contributed by atoms with Gasteiger partial charge in [-0.3, -0.25) is 14.4 Å². The topological polar surface area (TPSA) is 98.0 Å². The highest BCUT2D eigenvalue weighted by Gasteiger charge is 2.68. The quantitative estimate of drug-likeness (QED) is 0.498. The maximum Gasteiger partial charge on any atom is 0.261 e. The van der Waals surface area contributed by atoms with Crippen LogP contribution >= 0.6 is 0 Å². The van der Waals surface area contributed by atoms with Gasteiger partial charge in [0.2, 0.25) is 0 Å². The van der Waals surface area contributed by atoms with Crippen molar-refractivity contribution >= 4 is 51.9 Å². The van der Waals surface area contributed by atoms with Crippen LogP contribution in [0.2, 0.25) is 0 Å². The van der Waals surface area contributed by atoms with E-state index in [1.807, 2.05) is 54.6 Å². The van der Waals surface area contributed by atoms with Gasteiger partial charge in [0.05, 0.1) is 22.8 Å². The van der Waals surface area contributed by atoms with Crippen LogP contribution in [-0.4, -0.2) is 34.9 Å². The fourth-order valence-electron chi connectivity index (χ4n) is 5.87. The van der Waals surface area contributed by atoms with E-state index in [1.165, 1.54) is 15.0 Å². The molecule has 2 atom stereocenters. The second-order valence-electron chi connectivity index (χ2n) is 9.83. The Morgan fingerprint density at radius 1 is 0.538 bits per heavy atom. The summed E-state index contributed by atoms with van der Waals surface area (Å²) < 4.78 is 0. The summed E-state index contributed by atoms with van der Waals surface area (Å²) >= 11 is 0. The maximum absolute atomic E-state index is 14.6. The first-order valence-corrected chi connectivity index (χ1v) is 12.7. The molecule has 0 aliphatic carbocycles. The zero-order chi connectivity index (χ0) is 27.3. The van der Waals surface area contributed by atoms with Gasteiger partial charge in [-0.15, -0.1) is 0 Å². The third-order valence-electron chi connectivity index (χ3n) is 7.57. The predicted molar refractivity (Wildman–Crippen MR) is 151 cm³/mol. The standard InChI is InChI=1S/C30H26N6O3/c1-19-25(27(37)34(31-19)22-13-7-4-8-14-22)30(21(3)33-36(29(30)39)24-17-11-6-12-18-24)26-20(2)32-35(28(26)38)23-15-9-5-10-16-23/h4-18,25-26H,1-3H3/t25-,26-/m1/s1. The molecule has 0 unspecified atom stereocenters. The number of carbonyl (C=O) groups is 3. The highest BCUT2D eigenvalue weighted by molar-refractivity contribution is 6.33. The number of para-hydroxylation sites is 3. The van der Waals surface area contributed by atoms with E-state index < -0.39 is 35.0 Å². The second-order valence-corrected chi connectivity index (χ2v) is 9.83. The molecule has 9 heteroatoms. The van der Waals surface area contributed by atoms with Gasteiger partial charge in [0.15, 0.2) is 0 Å². The van der Waals surface area contributed by atoms with Crippen molar-refractivity contribution in [2.75, 3.05) is 15.0 Å². The van der Waals surface area contributed by atoms with E-state index in [0.717, 1.165) is 0 Å². The van der Waals surface area contributed by atoms with E-state index in [4.69, 9.17) is 0 Å². The molecule has 3 aromatic rings. The highest BCUT2D eigenvalue weighted by Crippen LogP contribution is 2.51. The molecule has 0 fully saturated rings. The van der Waals surface area contributed by atoms with Gasteiger partial charge in [0.25, 0.3) is 17.7 Å². The number of nitrogens with zero attached hydrogens (tertiary/aromatic N) is 6. The van der Waals surface area contributed by atoms with Crippen molar-refractivity contribution in [2.24, 2.45) is 32.6 Å². The number of hydrogen-bond acceptors (Lipinski definition) is 6. The molecule has 0 N–H and O–H groups in total. The molecule has 3 heterocycles. The lowest BCUT2D eigenvalue weighted by Gasteiger charge is -2.37. The molecule has 3 amide bonds. The monoisotopic (exact) mass is 518 g/mol. The Hall–Kier alpha value is -4.92. The Balaban J connectivity index is 1.51. The van der Waals surface area contributed by atoms with Gasteiger partial charge < -0.3 is 0 Å². The molecule has 0 aromatic heterocycles. The number of carbonyl (C=O) groups excluding carboxylic acids is 3. The van der Waals surface area contributed by atoms with Crippen LogP contribution in [0.5, 0.6) is 0 Å². The summed E-state index contributed by atoms with van der Waals surface area (Å²) in [6.45, 7) is 5.15. The molecule has 3 aliphatic rings. The minimum absolute atomic E-state index is 0.363. The lowest BCUT2D eigenvalue weighted by molar-refractivity contribution is -0.136. The van der Waals surface area contributed by atoms with Crippen molar-refractivity contribution in [3.05, 3.63) is 91.0 Å². The van der Waals surface area contributed by atoms with Gasteiger partial charge in [-0.05, 0) is 57.2 Å². The molecule has 0 saturated carbocycles. The average molecular weight is 519 g/mol. The van der Waals surface area contributed by atoms with E-state index in [0.29, 0.717) is 34.2 Å². The fraction of sp³-hybridized carbons (Fsp3) is 0.200. The molecule has 9 nitrogen and oxygen atoms in total. The summed E-state index contributed by atoms with van der Waals surface area (Å²) in [5.41, 5.74) is 1.27. The van der Waals surface area contributed by atoms with Gasteiger partial charge in [0.1, 0.15) is 17.3 Å². The molecule has 39 heavy (non-hydrogen) atoms. The van der Waals surface area contributed by atoms with Gasteiger partial charge in [0, 0.05) is 11.4 Å². The van der Waals surface area contributed by atoms with Crippen LogP contribution in [0.4, 0.5) is 17.1 Å². The fourth-order valence-corrected chi connectivity index (χ4v) is 5.87. The molecular formula is C30H26N6O3. The van der Waals surface area contributed by atoms with Crippen molar-refractivity contribution < 1.29 is 14.4 Å². The van der Waals surface area contributed by atoms with Crippen molar-refractivity contribution in [1.82, 2.24) is 0 Å². The van der Waals surface area contributed by atoms with Crippen molar-refractivity contribution in [1.29, 1.82) is 0 Å². The van der Waals surface area contributed by atoms with Gasteiger partial charge in [-0.1, -0.05) is 54.6 Å². The number of amides is 3. The van der Waals surface area contributed by atoms with Gasteiger partial charge in [-0.25, -0.2) is 10.0 Å². The molecular weight excluding hydrogens is 492 g/mol. The first-order chi connectivity index (χ1) is 18.9. The van der Waals surface area contributed by atoms with Crippen LogP contribution in [0.15, 0.2) is 106 Å². The first kappa shape index (κ1) is 24.4. The van der Waals surface area contributed by atoms with Gasteiger partial charge >= 0.3 is 0 Å². The number of anilines is 3. The normalized spacial score (nSPS) is 22.4. The zero-order valence-electron chi connectivity index (χ0n) is 21.7. The van der Waals surface area contributed by atoms with E-state index in [1.54, 1.807) is 57.2 Å². The van der Waals surface area contributed by atoms with Crippen LogP contribution < -0.4 is 15.0 Å². The smallest absolute Gasteiger partial charge is 0.261 e. The first-order valence-electron chi connectivity index (χ1n) is 12.7. The van der Waals surface area contributed by atoms with Gasteiger partial charge in [-0.2, -0.15) is 20.3 Å². The molecule has 3 aromatic carbocycles. The molecule has 194 valence electrons. The van der Waals surface area contributed by atoms with E-state index in [-0.39, 0.29) is 0 Å². The molecule has 3 aliphatic heterocycles. The lowest BCUT2D eigenvalue weighted by Crippen LogP contribution is -2.58. The van der Waals surface area contributed by atoms with Crippen LogP contribution in [0.1, 0.15) is 20.8 Å². The molecule has 6 rings (SSSR count). The summed E-state index contributed by atoms with van der Waals surface area (Å²) in [6.07, 6.45) is 0. The van der Waals surface area contributed by atoms with E-state index in [2.05, 4.69) is 15.3 Å². The summed E-state index contributed by atoms with van der Waals surface area (Å²) in [4.78, 5) is 43.0. The second kappa shape index (κ2) is 9.13. The predicted octanol–water partition coefficient (Wildman–Crippen LogP) is 4.47. The molecule has 0 bridgehead atoms. The van der Waals surface area contributed by atoms with E-state index >= 15 is 0 Å². The zero-order valence-corrected chi connectivity index (χ0v) is 21.7. The molecule has 0 saturated heterocycles. The lowest BCUT2D eigenvalue weighted by atomic mass is 9.60. The maximum atomic E-state index is 14.6. The van der Waals surface area contributed by atoms with Crippen molar-refractivity contribution in [2.45, 2.75) is 20.8 Å². The molecule has 0 radical (unpaired) electrons. The number of hydrazone groups is 3. The van der Waals surface area contributed by atoms with E-state index in [9.17, 15) is 14.4 Å². The van der Waals surface area contributed by atoms with Crippen LogP contribution in [0.25, 0.3) is 0 Å². The Morgan fingerprint density at radius 3 is 1.28 bits per heavy atom. The number of rotatable bonds is 5. The van der Waals surface area contributed by atoms with Crippen molar-refractivity contribution in [3.8, 4) is 0 Å². The Bertz CT molecular complexity index is 1490.